The van der Waals surface area contributed by atoms with Crippen LogP contribution in [0.1, 0.15) is 26.5 Å². The molecule has 0 spiro atoms. The van der Waals surface area contributed by atoms with E-state index in [1.54, 1.807) is 36.5 Å². The van der Waals surface area contributed by atoms with Crippen molar-refractivity contribution in [3.63, 3.8) is 0 Å². The SMILES string of the molecule is O=C(O)c1cccc(-c2ccc(/C=N/NC(=O)c3cncc(Br)c3)o2)c1. The van der Waals surface area contributed by atoms with Gasteiger partial charge in [-0.3, -0.25) is 9.78 Å². The number of rotatable bonds is 5. The third-order valence-electron chi connectivity index (χ3n) is 3.35. The van der Waals surface area contributed by atoms with Crippen LogP contribution in [0.2, 0.25) is 0 Å². The third-order valence-corrected chi connectivity index (χ3v) is 3.78. The van der Waals surface area contributed by atoms with E-state index in [2.05, 4.69) is 31.4 Å². The van der Waals surface area contributed by atoms with Crippen molar-refractivity contribution in [1.82, 2.24) is 10.4 Å². The van der Waals surface area contributed by atoms with E-state index in [9.17, 15) is 9.59 Å². The second kappa shape index (κ2) is 7.75. The molecule has 1 amide bonds. The summed E-state index contributed by atoms with van der Waals surface area (Å²) < 4.78 is 6.29. The maximum Gasteiger partial charge on any atom is 0.335 e. The summed E-state index contributed by atoms with van der Waals surface area (Å²) in [6.07, 6.45) is 4.35. The lowest BCUT2D eigenvalue weighted by Crippen LogP contribution is -2.17. The molecule has 7 nitrogen and oxygen atoms in total. The van der Waals surface area contributed by atoms with Crippen LogP contribution in [-0.4, -0.2) is 28.2 Å². The highest BCUT2D eigenvalue weighted by Crippen LogP contribution is 2.22. The average molecular weight is 414 g/mol. The van der Waals surface area contributed by atoms with Gasteiger partial charge >= 0.3 is 5.97 Å². The number of hydrogen-bond acceptors (Lipinski definition) is 5. The number of carboxylic acids is 1. The summed E-state index contributed by atoms with van der Waals surface area (Å²) in [5.74, 6) is -0.508. The molecule has 3 rings (SSSR count). The fourth-order valence-electron chi connectivity index (χ4n) is 2.14. The summed E-state index contributed by atoms with van der Waals surface area (Å²) in [6, 6.07) is 11.4. The predicted octanol–water partition coefficient (Wildman–Crippen LogP) is 3.57. The zero-order valence-electron chi connectivity index (χ0n) is 13.2. The van der Waals surface area contributed by atoms with Crippen LogP contribution in [0.5, 0.6) is 0 Å². The molecule has 130 valence electrons. The first-order valence-electron chi connectivity index (χ1n) is 7.40. The van der Waals surface area contributed by atoms with Gasteiger partial charge in [0.15, 0.2) is 0 Å². The van der Waals surface area contributed by atoms with Gasteiger partial charge in [-0.15, -0.1) is 0 Å². The molecule has 26 heavy (non-hydrogen) atoms. The number of nitrogens with one attached hydrogen (secondary N) is 1. The Morgan fingerprint density at radius 1 is 1.15 bits per heavy atom. The summed E-state index contributed by atoms with van der Waals surface area (Å²) in [6.45, 7) is 0. The molecule has 0 aliphatic heterocycles. The minimum absolute atomic E-state index is 0.170. The Kier molecular flexibility index (Phi) is 5.23. The van der Waals surface area contributed by atoms with Crippen LogP contribution in [0, 0.1) is 0 Å². The summed E-state index contributed by atoms with van der Waals surface area (Å²) in [5.41, 5.74) is 3.55. The number of carboxylic acid groups (broad SMARTS) is 1. The molecule has 0 atom stereocenters. The Balaban J connectivity index is 1.68. The Morgan fingerprint density at radius 2 is 2.00 bits per heavy atom. The lowest BCUT2D eigenvalue weighted by atomic mass is 10.1. The first-order chi connectivity index (χ1) is 12.5. The van der Waals surface area contributed by atoms with Gasteiger partial charge in [-0.2, -0.15) is 5.10 Å². The largest absolute Gasteiger partial charge is 0.478 e. The van der Waals surface area contributed by atoms with Crippen LogP contribution in [0.25, 0.3) is 11.3 Å². The number of pyridine rings is 1. The molecule has 0 saturated carbocycles. The van der Waals surface area contributed by atoms with Crippen molar-refractivity contribution in [3.8, 4) is 11.3 Å². The normalized spacial score (nSPS) is 10.8. The van der Waals surface area contributed by atoms with Crippen LogP contribution in [-0.2, 0) is 0 Å². The van der Waals surface area contributed by atoms with Gasteiger partial charge in [0.05, 0.1) is 17.3 Å². The number of amides is 1. The summed E-state index contributed by atoms with van der Waals surface area (Å²) in [5, 5.41) is 12.9. The monoisotopic (exact) mass is 413 g/mol. The van der Waals surface area contributed by atoms with E-state index in [1.807, 2.05) is 0 Å². The predicted molar refractivity (Wildman–Crippen MR) is 98.1 cm³/mol. The van der Waals surface area contributed by atoms with Gasteiger partial charge in [0.25, 0.3) is 5.91 Å². The van der Waals surface area contributed by atoms with Gasteiger partial charge < -0.3 is 9.52 Å². The number of furan rings is 1. The molecule has 2 N–H and O–H groups in total. The second-order valence-electron chi connectivity index (χ2n) is 5.18. The Hall–Kier alpha value is -3.26. The van der Waals surface area contributed by atoms with Crippen LogP contribution in [0.3, 0.4) is 0 Å². The minimum atomic E-state index is -1.01. The molecule has 0 bridgehead atoms. The second-order valence-corrected chi connectivity index (χ2v) is 6.09. The number of halogens is 1. The number of hydrogen-bond donors (Lipinski definition) is 2. The van der Waals surface area contributed by atoms with Gasteiger partial charge in [0.1, 0.15) is 11.5 Å². The standard InChI is InChI=1S/C18H12BrN3O4/c19-14-7-13(8-20-9-14)17(23)22-21-10-15-4-5-16(26-15)11-2-1-3-12(6-11)18(24)25/h1-10H,(H,22,23)(H,24,25)/b21-10+. The molecule has 1 aromatic carbocycles. The number of aromatic nitrogens is 1. The first kappa shape index (κ1) is 17.6. The highest BCUT2D eigenvalue weighted by molar-refractivity contribution is 9.10. The van der Waals surface area contributed by atoms with E-state index in [1.165, 1.54) is 24.5 Å². The number of carbonyl (C=O) groups excluding carboxylic acids is 1. The topological polar surface area (TPSA) is 105 Å². The summed E-state index contributed by atoms with van der Waals surface area (Å²) >= 11 is 3.24. The van der Waals surface area contributed by atoms with E-state index in [0.29, 0.717) is 27.1 Å². The van der Waals surface area contributed by atoms with Gasteiger partial charge in [-0.05, 0) is 46.3 Å². The van der Waals surface area contributed by atoms with Crippen molar-refractivity contribution in [2.45, 2.75) is 0 Å². The highest BCUT2D eigenvalue weighted by atomic mass is 79.9. The van der Waals surface area contributed by atoms with Gasteiger partial charge in [-0.25, -0.2) is 10.2 Å². The smallest absolute Gasteiger partial charge is 0.335 e. The number of benzene rings is 1. The van der Waals surface area contributed by atoms with Crippen molar-refractivity contribution in [2.24, 2.45) is 5.10 Å². The van der Waals surface area contributed by atoms with Crippen molar-refractivity contribution in [3.05, 3.63) is 76.2 Å². The van der Waals surface area contributed by atoms with Crippen molar-refractivity contribution >= 4 is 34.0 Å². The molecule has 0 aliphatic carbocycles. The number of carbonyl (C=O) groups is 2. The van der Waals surface area contributed by atoms with E-state index < -0.39 is 11.9 Å². The zero-order chi connectivity index (χ0) is 18.5. The molecule has 2 heterocycles. The Labute approximate surface area is 156 Å². The van der Waals surface area contributed by atoms with E-state index in [4.69, 9.17) is 9.52 Å². The number of nitrogens with zero attached hydrogens (tertiary/aromatic N) is 2. The minimum Gasteiger partial charge on any atom is -0.478 e. The molecule has 3 aromatic rings. The fourth-order valence-corrected chi connectivity index (χ4v) is 2.50. The molecule has 8 heteroatoms. The quantitative estimate of drug-likeness (QED) is 0.491. The molecular formula is C18H12BrN3O4. The fraction of sp³-hybridized carbons (Fsp3) is 0. The van der Waals surface area contributed by atoms with Crippen molar-refractivity contribution in [1.29, 1.82) is 0 Å². The Bertz CT molecular complexity index is 997. The Morgan fingerprint density at radius 3 is 2.77 bits per heavy atom. The maximum absolute atomic E-state index is 11.9. The molecular weight excluding hydrogens is 402 g/mol. The lowest BCUT2D eigenvalue weighted by Gasteiger charge is -1.99. The van der Waals surface area contributed by atoms with Gasteiger partial charge in [-0.1, -0.05) is 12.1 Å². The first-order valence-corrected chi connectivity index (χ1v) is 8.20. The molecule has 0 radical (unpaired) electrons. The van der Waals surface area contributed by atoms with Crippen LogP contribution < -0.4 is 5.43 Å². The van der Waals surface area contributed by atoms with Gasteiger partial charge in [0.2, 0.25) is 0 Å². The van der Waals surface area contributed by atoms with Crippen LogP contribution in [0.4, 0.5) is 0 Å². The van der Waals surface area contributed by atoms with E-state index in [-0.39, 0.29) is 5.56 Å². The van der Waals surface area contributed by atoms with Crippen molar-refractivity contribution in [2.75, 3.05) is 0 Å². The summed E-state index contributed by atoms with van der Waals surface area (Å²) in [7, 11) is 0. The summed E-state index contributed by atoms with van der Waals surface area (Å²) in [4.78, 5) is 26.9. The molecule has 0 fully saturated rings. The van der Waals surface area contributed by atoms with Gasteiger partial charge in [0, 0.05) is 22.4 Å². The molecule has 0 aliphatic rings. The maximum atomic E-state index is 11.9. The van der Waals surface area contributed by atoms with Crippen LogP contribution in [0.15, 0.2) is 68.8 Å². The lowest BCUT2D eigenvalue weighted by molar-refractivity contribution is 0.0696. The molecule has 2 aromatic heterocycles. The highest BCUT2D eigenvalue weighted by Gasteiger charge is 2.08. The average Bonchev–Trinajstić information content (AvgIpc) is 3.10. The van der Waals surface area contributed by atoms with E-state index >= 15 is 0 Å². The van der Waals surface area contributed by atoms with Crippen molar-refractivity contribution < 1.29 is 19.1 Å². The van der Waals surface area contributed by atoms with E-state index in [0.717, 1.165) is 0 Å². The zero-order valence-corrected chi connectivity index (χ0v) is 14.8. The number of hydrazone groups is 1. The number of aromatic carboxylic acids is 1. The molecule has 0 saturated heterocycles. The van der Waals surface area contributed by atoms with Crippen LogP contribution >= 0.6 is 15.9 Å². The third kappa shape index (κ3) is 4.22. The molecule has 0 unspecified atom stereocenters.